The average Bonchev–Trinajstić information content (AvgIpc) is 2.38. The van der Waals surface area contributed by atoms with Gasteiger partial charge in [-0.05, 0) is 19.1 Å². The monoisotopic (exact) mass is 268 g/mol. The number of nitro benzene ring substituents is 1. The number of nitrogens with two attached hydrogens (primary N) is 1. The number of ether oxygens (including phenoxy) is 2. The first-order chi connectivity index (χ1) is 8.95. The summed E-state index contributed by atoms with van der Waals surface area (Å²) >= 11 is 0. The first-order valence-corrected chi connectivity index (χ1v) is 5.65. The van der Waals surface area contributed by atoms with Gasteiger partial charge in [0.05, 0.1) is 23.1 Å². The highest BCUT2D eigenvalue weighted by Crippen LogP contribution is 2.13. The third-order valence-electron chi connectivity index (χ3n) is 2.57. The number of carbonyl (C=O) groups is 1. The predicted molar refractivity (Wildman–Crippen MR) is 67.8 cm³/mol. The molecule has 0 radical (unpaired) electrons. The highest BCUT2D eigenvalue weighted by atomic mass is 16.6. The Bertz CT molecular complexity index is 446. The Labute approximate surface area is 110 Å². The Morgan fingerprint density at radius 2 is 2.00 bits per heavy atom. The van der Waals surface area contributed by atoms with Crippen LogP contribution in [0.15, 0.2) is 24.3 Å². The van der Waals surface area contributed by atoms with Gasteiger partial charge in [-0.3, -0.25) is 10.1 Å². The van der Waals surface area contributed by atoms with E-state index in [-0.39, 0.29) is 17.9 Å². The third kappa shape index (κ3) is 4.31. The van der Waals surface area contributed by atoms with Crippen LogP contribution in [0.3, 0.4) is 0 Å². The summed E-state index contributed by atoms with van der Waals surface area (Å²) < 4.78 is 10.0. The fourth-order valence-corrected chi connectivity index (χ4v) is 1.37. The molecule has 0 amide bonds. The number of benzene rings is 1. The lowest BCUT2D eigenvalue weighted by Crippen LogP contribution is -2.39. The van der Waals surface area contributed by atoms with Crippen LogP contribution in [0.4, 0.5) is 5.69 Å². The largest absolute Gasteiger partial charge is 0.457 e. The van der Waals surface area contributed by atoms with Crippen LogP contribution in [0.1, 0.15) is 17.3 Å². The molecule has 1 aromatic rings. The van der Waals surface area contributed by atoms with Crippen molar-refractivity contribution < 1.29 is 19.2 Å². The summed E-state index contributed by atoms with van der Waals surface area (Å²) in [5.41, 5.74) is 5.88. The predicted octanol–water partition coefficient (Wildman–Crippen LogP) is 1.11. The maximum atomic E-state index is 11.8. The van der Waals surface area contributed by atoms with Gasteiger partial charge in [-0.2, -0.15) is 0 Å². The van der Waals surface area contributed by atoms with E-state index in [1.54, 1.807) is 6.92 Å². The Kier molecular flexibility index (Phi) is 5.40. The van der Waals surface area contributed by atoms with Crippen molar-refractivity contribution in [3.8, 4) is 0 Å². The SMILES string of the molecule is COC[C@@H](N)C(C)OC(=O)c1ccc([N+](=O)[O-])cc1. The molecule has 2 atom stereocenters. The minimum Gasteiger partial charge on any atom is -0.457 e. The van der Waals surface area contributed by atoms with E-state index < -0.39 is 23.0 Å². The third-order valence-corrected chi connectivity index (χ3v) is 2.57. The van der Waals surface area contributed by atoms with Gasteiger partial charge < -0.3 is 15.2 Å². The maximum Gasteiger partial charge on any atom is 0.338 e. The topological polar surface area (TPSA) is 105 Å². The molecule has 0 aliphatic heterocycles. The quantitative estimate of drug-likeness (QED) is 0.471. The second kappa shape index (κ2) is 6.81. The van der Waals surface area contributed by atoms with Crippen LogP contribution in [0, 0.1) is 10.1 Å². The molecule has 0 saturated carbocycles. The molecule has 0 fully saturated rings. The normalized spacial score (nSPS) is 13.6. The molecule has 19 heavy (non-hydrogen) atoms. The van der Waals surface area contributed by atoms with Gasteiger partial charge >= 0.3 is 5.97 Å². The van der Waals surface area contributed by atoms with Crippen molar-refractivity contribution in [2.45, 2.75) is 19.1 Å². The molecule has 0 aromatic heterocycles. The summed E-state index contributed by atoms with van der Waals surface area (Å²) in [6, 6.07) is 4.75. The van der Waals surface area contributed by atoms with Crippen LogP contribution in [0.25, 0.3) is 0 Å². The number of carbonyl (C=O) groups excluding carboxylic acids is 1. The second-order valence-electron chi connectivity index (χ2n) is 4.03. The number of nitrogens with zero attached hydrogens (tertiary/aromatic N) is 1. The summed E-state index contributed by atoms with van der Waals surface area (Å²) in [5.74, 6) is -0.575. The molecule has 7 nitrogen and oxygen atoms in total. The molecular formula is C12H16N2O5. The molecule has 0 spiro atoms. The van der Waals surface area contributed by atoms with Crippen molar-refractivity contribution in [1.29, 1.82) is 0 Å². The minimum absolute atomic E-state index is 0.0827. The number of hydrogen-bond acceptors (Lipinski definition) is 6. The molecule has 0 bridgehead atoms. The molecule has 1 aromatic carbocycles. The summed E-state index contributed by atoms with van der Waals surface area (Å²) in [5, 5.41) is 10.5. The number of hydrogen-bond donors (Lipinski definition) is 1. The van der Waals surface area contributed by atoms with Gasteiger partial charge in [-0.1, -0.05) is 0 Å². The summed E-state index contributed by atoms with van der Waals surface area (Å²) in [4.78, 5) is 21.7. The van der Waals surface area contributed by atoms with Gasteiger partial charge in [0.25, 0.3) is 5.69 Å². The van der Waals surface area contributed by atoms with Crippen LogP contribution in [-0.4, -0.2) is 36.8 Å². The first-order valence-electron chi connectivity index (χ1n) is 5.65. The van der Waals surface area contributed by atoms with Crippen LogP contribution < -0.4 is 5.73 Å². The summed E-state index contributed by atoms with van der Waals surface area (Å²) in [6.07, 6.45) is -0.511. The Balaban J connectivity index is 2.65. The fraction of sp³-hybridized carbons (Fsp3) is 0.417. The van der Waals surface area contributed by atoms with E-state index in [4.69, 9.17) is 15.2 Å². The molecule has 0 saturated heterocycles. The van der Waals surface area contributed by atoms with Crippen molar-refractivity contribution in [3.63, 3.8) is 0 Å². The first kappa shape index (κ1) is 15.1. The van der Waals surface area contributed by atoms with E-state index >= 15 is 0 Å². The van der Waals surface area contributed by atoms with E-state index in [1.165, 1.54) is 31.4 Å². The van der Waals surface area contributed by atoms with Crippen molar-refractivity contribution in [1.82, 2.24) is 0 Å². The fourth-order valence-electron chi connectivity index (χ4n) is 1.37. The molecule has 1 rings (SSSR count). The number of rotatable bonds is 6. The van der Waals surface area contributed by atoms with Gasteiger partial charge in [0.2, 0.25) is 0 Å². The van der Waals surface area contributed by atoms with Gasteiger partial charge in [-0.25, -0.2) is 4.79 Å². The van der Waals surface area contributed by atoms with Crippen molar-refractivity contribution in [3.05, 3.63) is 39.9 Å². The molecule has 0 aliphatic carbocycles. The van der Waals surface area contributed by atoms with E-state index in [2.05, 4.69) is 0 Å². The lowest BCUT2D eigenvalue weighted by atomic mass is 10.2. The lowest BCUT2D eigenvalue weighted by Gasteiger charge is -2.19. The maximum absolute atomic E-state index is 11.8. The zero-order valence-corrected chi connectivity index (χ0v) is 10.7. The smallest absolute Gasteiger partial charge is 0.338 e. The van der Waals surface area contributed by atoms with Gasteiger partial charge in [0, 0.05) is 19.2 Å². The highest BCUT2D eigenvalue weighted by molar-refractivity contribution is 5.89. The Morgan fingerprint density at radius 3 is 2.47 bits per heavy atom. The lowest BCUT2D eigenvalue weighted by molar-refractivity contribution is -0.384. The average molecular weight is 268 g/mol. The zero-order chi connectivity index (χ0) is 14.4. The molecule has 7 heteroatoms. The minimum atomic E-state index is -0.575. The molecule has 1 unspecified atom stereocenters. The van der Waals surface area contributed by atoms with E-state index in [1.807, 2.05) is 0 Å². The Hall–Kier alpha value is -1.99. The van der Waals surface area contributed by atoms with Crippen LogP contribution in [0.5, 0.6) is 0 Å². The van der Waals surface area contributed by atoms with Crippen LogP contribution in [-0.2, 0) is 9.47 Å². The number of nitro groups is 1. The molecule has 104 valence electrons. The number of non-ortho nitro benzene ring substituents is 1. The van der Waals surface area contributed by atoms with Crippen molar-refractivity contribution in [2.75, 3.05) is 13.7 Å². The number of methoxy groups -OCH3 is 1. The van der Waals surface area contributed by atoms with Crippen molar-refractivity contribution >= 4 is 11.7 Å². The second-order valence-corrected chi connectivity index (χ2v) is 4.03. The van der Waals surface area contributed by atoms with Crippen LogP contribution in [0.2, 0.25) is 0 Å². The van der Waals surface area contributed by atoms with Gasteiger partial charge in [-0.15, -0.1) is 0 Å². The summed E-state index contributed by atoms with van der Waals surface area (Å²) in [6.45, 7) is 1.93. The molecule has 0 heterocycles. The Morgan fingerprint density at radius 1 is 1.42 bits per heavy atom. The molecular weight excluding hydrogens is 252 g/mol. The van der Waals surface area contributed by atoms with Gasteiger partial charge in [0.1, 0.15) is 6.10 Å². The number of esters is 1. The van der Waals surface area contributed by atoms with Crippen LogP contribution >= 0.6 is 0 Å². The summed E-state index contributed by atoms with van der Waals surface area (Å²) in [7, 11) is 1.50. The zero-order valence-electron chi connectivity index (χ0n) is 10.7. The molecule has 0 aliphatic rings. The van der Waals surface area contributed by atoms with Gasteiger partial charge in [0.15, 0.2) is 0 Å². The highest BCUT2D eigenvalue weighted by Gasteiger charge is 2.18. The van der Waals surface area contributed by atoms with E-state index in [0.717, 1.165) is 0 Å². The van der Waals surface area contributed by atoms with E-state index in [9.17, 15) is 14.9 Å². The molecule has 2 N–H and O–H groups in total. The van der Waals surface area contributed by atoms with Crippen molar-refractivity contribution in [2.24, 2.45) is 5.73 Å². The standard InChI is InChI=1S/C12H16N2O5/c1-8(11(13)7-18-2)19-12(15)9-3-5-10(6-4-9)14(16)17/h3-6,8,11H,7,13H2,1-2H3/t8?,11-/m1/s1. The van der Waals surface area contributed by atoms with E-state index in [0.29, 0.717) is 0 Å².